The summed E-state index contributed by atoms with van der Waals surface area (Å²) in [5, 5.41) is 7.57. The molecule has 1 aliphatic rings. The van der Waals surface area contributed by atoms with Crippen LogP contribution >= 0.6 is 0 Å². The molecule has 16 heavy (non-hydrogen) atoms. The number of amidine groups is 1. The molecular weight excluding hydrogens is 200 g/mol. The minimum atomic E-state index is 0.154. The Morgan fingerprint density at radius 3 is 2.19 bits per heavy atom. The van der Waals surface area contributed by atoms with E-state index in [4.69, 9.17) is 11.1 Å². The van der Waals surface area contributed by atoms with Crippen LogP contribution in [0.2, 0.25) is 0 Å². The van der Waals surface area contributed by atoms with Crippen LogP contribution in [0, 0.1) is 11.3 Å². The third-order valence-corrected chi connectivity index (χ3v) is 3.22. The van der Waals surface area contributed by atoms with Crippen molar-refractivity contribution in [2.24, 2.45) is 11.7 Å². The van der Waals surface area contributed by atoms with Crippen LogP contribution in [0.15, 0.2) is 0 Å². The Morgan fingerprint density at radius 2 is 1.81 bits per heavy atom. The van der Waals surface area contributed by atoms with Crippen molar-refractivity contribution in [3.8, 4) is 0 Å². The van der Waals surface area contributed by atoms with E-state index in [2.05, 4.69) is 30.6 Å². The van der Waals surface area contributed by atoms with Crippen LogP contribution in [0.4, 0.5) is 0 Å². The molecule has 0 aromatic heterocycles. The highest BCUT2D eigenvalue weighted by molar-refractivity contribution is 5.82. The van der Waals surface area contributed by atoms with E-state index >= 15 is 0 Å². The third-order valence-electron chi connectivity index (χ3n) is 3.22. The fourth-order valence-corrected chi connectivity index (χ4v) is 2.45. The summed E-state index contributed by atoms with van der Waals surface area (Å²) in [6.07, 6.45) is 0.944. The van der Waals surface area contributed by atoms with Crippen molar-refractivity contribution in [1.82, 2.24) is 9.80 Å². The van der Waals surface area contributed by atoms with E-state index < -0.39 is 0 Å². The lowest BCUT2D eigenvalue weighted by Gasteiger charge is -2.39. The molecule has 0 amide bonds. The summed E-state index contributed by atoms with van der Waals surface area (Å²) in [5.41, 5.74) is 5.62. The van der Waals surface area contributed by atoms with E-state index in [9.17, 15) is 0 Å². The highest BCUT2D eigenvalue weighted by Gasteiger charge is 2.24. The number of nitrogens with one attached hydrogen (secondary N) is 1. The van der Waals surface area contributed by atoms with Crippen LogP contribution in [0.25, 0.3) is 0 Å². The molecule has 4 nitrogen and oxygen atoms in total. The molecule has 4 heteroatoms. The number of nitrogens with zero attached hydrogens (tertiary/aromatic N) is 2. The molecule has 1 heterocycles. The molecule has 0 bridgehead atoms. The molecule has 1 rings (SSSR count). The van der Waals surface area contributed by atoms with Gasteiger partial charge in [-0.2, -0.15) is 0 Å². The Bertz CT molecular complexity index is 219. The normalized spacial score (nSPS) is 21.2. The van der Waals surface area contributed by atoms with Crippen molar-refractivity contribution in [1.29, 1.82) is 5.41 Å². The Balaban J connectivity index is 2.38. The van der Waals surface area contributed by atoms with Crippen molar-refractivity contribution in [2.75, 3.05) is 32.7 Å². The number of hydrogen-bond acceptors (Lipinski definition) is 3. The fraction of sp³-hybridized carbons (Fsp3) is 0.917. The van der Waals surface area contributed by atoms with Crippen molar-refractivity contribution >= 4 is 5.84 Å². The second-order valence-corrected chi connectivity index (χ2v) is 5.11. The molecule has 1 unspecified atom stereocenters. The van der Waals surface area contributed by atoms with Gasteiger partial charge in [0, 0.05) is 32.7 Å². The monoisotopic (exact) mass is 226 g/mol. The van der Waals surface area contributed by atoms with Crippen molar-refractivity contribution in [3.63, 3.8) is 0 Å². The van der Waals surface area contributed by atoms with E-state index in [0.717, 1.165) is 38.5 Å². The average Bonchev–Trinajstić information content (AvgIpc) is 2.20. The molecule has 1 saturated heterocycles. The van der Waals surface area contributed by atoms with Gasteiger partial charge in [-0.15, -0.1) is 0 Å². The summed E-state index contributed by atoms with van der Waals surface area (Å²) in [4.78, 5) is 4.85. The summed E-state index contributed by atoms with van der Waals surface area (Å²) in [7, 11) is 0. The first-order valence-corrected chi connectivity index (χ1v) is 6.34. The lowest BCUT2D eigenvalue weighted by molar-refractivity contribution is 0.107. The SMILES string of the molecule is CCC(C(=N)N)N1CCN(CC(C)C)CC1. The summed E-state index contributed by atoms with van der Waals surface area (Å²) < 4.78 is 0. The molecule has 3 N–H and O–H groups in total. The maximum absolute atomic E-state index is 7.57. The average molecular weight is 226 g/mol. The molecule has 1 fully saturated rings. The Hall–Kier alpha value is -0.610. The Labute approximate surface area is 99.3 Å². The molecule has 0 aromatic carbocycles. The Morgan fingerprint density at radius 1 is 1.25 bits per heavy atom. The highest BCUT2D eigenvalue weighted by atomic mass is 15.3. The van der Waals surface area contributed by atoms with Gasteiger partial charge in [0.25, 0.3) is 0 Å². The van der Waals surface area contributed by atoms with Crippen molar-refractivity contribution in [2.45, 2.75) is 33.2 Å². The van der Waals surface area contributed by atoms with Crippen LogP contribution in [-0.2, 0) is 0 Å². The predicted molar refractivity (Wildman–Crippen MR) is 68.8 cm³/mol. The van der Waals surface area contributed by atoms with E-state index in [1.54, 1.807) is 0 Å². The van der Waals surface area contributed by atoms with Crippen LogP contribution < -0.4 is 5.73 Å². The van der Waals surface area contributed by atoms with Crippen LogP contribution in [0.1, 0.15) is 27.2 Å². The summed E-state index contributed by atoms with van der Waals surface area (Å²) >= 11 is 0. The minimum Gasteiger partial charge on any atom is -0.386 e. The standard InChI is InChI=1S/C12H26N4/c1-4-11(12(13)14)16-7-5-15(6-8-16)9-10(2)3/h10-11H,4-9H2,1-3H3,(H3,13,14). The van der Waals surface area contributed by atoms with Gasteiger partial charge in [-0.3, -0.25) is 10.3 Å². The summed E-state index contributed by atoms with van der Waals surface area (Å²) in [6.45, 7) is 12.1. The number of rotatable bonds is 5. The van der Waals surface area contributed by atoms with E-state index in [1.807, 2.05) is 0 Å². The quantitative estimate of drug-likeness (QED) is 0.542. The topological polar surface area (TPSA) is 56.4 Å². The van der Waals surface area contributed by atoms with Gasteiger partial charge in [-0.05, 0) is 12.3 Å². The molecule has 94 valence electrons. The first-order chi connectivity index (χ1) is 7.54. The van der Waals surface area contributed by atoms with Crippen molar-refractivity contribution < 1.29 is 0 Å². The summed E-state index contributed by atoms with van der Waals surface area (Å²) in [5.74, 6) is 1.06. The number of hydrogen-bond donors (Lipinski definition) is 2. The fourth-order valence-electron chi connectivity index (χ4n) is 2.45. The third kappa shape index (κ3) is 3.76. The largest absolute Gasteiger partial charge is 0.386 e. The van der Waals surface area contributed by atoms with Gasteiger partial charge >= 0.3 is 0 Å². The number of nitrogens with two attached hydrogens (primary N) is 1. The molecule has 1 atom stereocenters. The van der Waals surface area contributed by atoms with Crippen molar-refractivity contribution in [3.05, 3.63) is 0 Å². The minimum absolute atomic E-state index is 0.154. The first kappa shape index (κ1) is 13.5. The molecule has 1 aliphatic heterocycles. The zero-order valence-electron chi connectivity index (χ0n) is 10.9. The molecule has 0 saturated carbocycles. The lowest BCUT2D eigenvalue weighted by Crippen LogP contribution is -2.54. The van der Waals surface area contributed by atoms with Crippen LogP contribution in [0.5, 0.6) is 0 Å². The van der Waals surface area contributed by atoms with Crippen LogP contribution in [-0.4, -0.2) is 54.4 Å². The molecular formula is C12H26N4. The lowest BCUT2D eigenvalue weighted by atomic mass is 10.1. The van der Waals surface area contributed by atoms with Gasteiger partial charge in [-0.1, -0.05) is 20.8 Å². The molecule has 0 aromatic rings. The number of piperazine rings is 1. The first-order valence-electron chi connectivity index (χ1n) is 6.34. The zero-order chi connectivity index (χ0) is 12.1. The van der Waals surface area contributed by atoms with E-state index in [0.29, 0.717) is 5.84 Å². The highest BCUT2D eigenvalue weighted by Crippen LogP contribution is 2.10. The summed E-state index contributed by atoms with van der Waals surface area (Å²) in [6, 6.07) is 0.154. The van der Waals surface area contributed by atoms with Gasteiger partial charge in [0.15, 0.2) is 0 Å². The predicted octanol–water partition coefficient (Wildman–Crippen LogP) is 0.975. The van der Waals surface area contributed by atoms with Crippen LogP contribution in [0.3, 0.4) is 0 Å². The maximum atomic E-state index is 7.57. The van der Waals surface area contributed by atoms with Gasteiger partial charge in [-0.25, -0.2) is 0 Å². The van der Waals surface area contributed by atoms with Gasteiger partial charge in [0.05, 0.1) is 6.04 Å². The van der Waals surface area contributed by atoms with E-state index in [-0.39, 0.29) is 6.04 Å². The molecule has 0 spiro atoms. The second-order valence-electron chi connectivity index (χ2n) is 5.11. The molecule has 0 aliphatic carbocycles. The maximum Gasteiger partial charge on any atom is 0.108 e. The van der Waals surface area contributed by atoms with Gasteiger partial charge < -0.3 is 10.6 Å². The molecule has 0 radical (unpaired) electrons. The van der Waals surface area contributed by atoms with Gasteiger partial charge in [0.2, 0.25) is 0 Å². The zero-order valence-corrected chi connectivity index (χ0v) is 10.9. The van der Waals surface area contributed by atoms with E-state index in [1.165, 1.54) is 6.54 Å². The smallest absolute Gasteiger partial charge is 0.108 e. The van der Waals surface area contributed by atoms with Gasteiger partial charge in [0.1, 0.15) is 5.84 Å². The second kappa shape index (κ2) is 6.21. The Kier molecular flexibility index (Phi) is 5.22.